The predicted octanol–water partition coefficient (Wildman–Crippen LogP) is 5.36. The van der Waals surface area contributed by atoms with Gasteiger partial charge < -0.3 is 0 Å². The van der Waals surface area contributed by atoms with Crippen LogP contribution in [0, 0.1) is 0 Å². The molecule has 2 aliphatic heterocycles. The van der Waals surface area contributed by atoms with E-state index in [-0.39, 0.29) is 0 Å². The number of aldehydes is 1. The third kappa shape index (κ3) is 2.59. The topological polar surface area (TPSA) is 17.1 Å². The summed E-state index contributed by atoms with van der Waals surface area (Å²) in [6.45, 7) is 0. The Morgan fingerprint density at radius 3 is 2.28 bits per heavy atom. The Balaban J connectivity index is 1.78. The first-order valence-corrected chi connectivity index (χ1v) is 8.65. The molecule has 0 fully saturated rings. The van der Waals surface area contributed by atoms with E-state index in [2.05, 4.69) is 16.2 Å². The fourth-order valence-corrected chi connectivity index (χ4v) is 5.98. The monoisotopic (exact) mass is 308 g/mol. The van der Waals surface area contributed by atoms with Gasteiger partial charge in [-0.2, -0.15) is 0 Å². The lowest BCUT2D eigenvalue weighted by molar-refractivity contribution is 0.112. The Bertz CT molecular complexity index is 559. The SMILES string of the molecule is O=Cc1ccc(C2=CSC(=C3SC=CS3)S2)cc1. The van der Waals surface area contributed by atoms with Crippen molar-refractivity contribution in [1.82, 2.24) is 0 Å². The predicted molar refractivity (Wildman–Crippen MR) is 86.3 cm³/mol. The van der Waals surface area contributed by atoms with E-state index in [1.54, 1.807) is 35.3 Å². The first-order valence-electron chi connectivity index (χ1n) is 5.20. The Morgan fingerprint density at radius 2 is 1.61 bits per heavy atom. The van der Waals surface area contributed by atoms with E-state index in [9.17, 15) is 4.79 Å². The first kappa shape index (κ1) is 12.5. The molecule has 0 unspecified atom stereocenters. The van der Waals surface area contributed by atoms with E-state index in [4.69, 9.17) is 0 Å². The van der Waals surface area contributed by atoms with Gasteiger partial charge in [0.05, 0.1) is 8.47 Å². The zero-order valence-electron chi connectivity index (χ0n) is 9.16. The molecule has 2 heterocycles. The number of hydrogen-bond acceptors (Lipinski definition) is 5. The lowest BCUT2D eigenvalue weighted by atomic mass is 10.1. The summed E-state index contributed by atoms with van der Waals surface area (Å²) in [7, 11) is 0. The number of rotatable bonds is 2. The maximum atomic E-state index is 10.6. The Hall–Kier alpha value is -0.490. The summed E-state index contributed by atoms with van der Waals surface area (Å²) in [5.41, 5.74) is 1.90. The Kier molecular flexibility index (Phi) is 3.94. The Labute approximate surface area is 123 Å². The van der Waals surface area contributed by atoms with Gasteiger partial charge in [0.2, 0.25) is 0 Å². The average Bonchev–Trinajstić information content (AvgIpc) is 3.09. The van der Waals surface area contributed by atoms with Crippen molar-refractivity contribution in [3.63, 3.8) is 0 Å². The lowest BCUT2D eigenvalue weighted by Gasteiger charge is -2.03. The van der Waals surface area contributed by atoms with Crippen molar-refractivity contribution in [2.45, 2.75) is 0 Å². The zero-order valence-corrected chi connectivity index (χ0v) is 12.4. The van der Waals surface area contributed by atoms with Crippen LogP contribution in [0.5, 0.6) is 0 Å². The molecule has 0 saturated carbocycles. The molecule has 3 rings (SSSR count). The molecule has 1 aromatic carbocycles. The molecule has 0 radical (unpaired) electrons. The van der Waals surface area contributed by atoms with Crippen LogP contribution in [0.1, 0.15) is 15.9 Å². The Morgan fingerprint density at radius 1 is 0.889 bits per heavy atom. The highest BCUT2D eigenvalue weighted by atomic mass is 32.2. The molecule has 5 heteroatoms. The molecular formula is C13H8OS4. The molecule has 0 saturated heterocycles. The molecule has 0 bridgehead atoms. The second kappa shape index (κ2) is 5.65. The van der Waals surface area contributed by atoms with E-state index < -0.39 is 0 Å². The summed E-state index contributed by atoms with van der Waals surface area (Å²) in [6.07, 6.45) is 0.875. The minimum atomic E-state index is 0.722. The van der Waals surface area contributed by atoms with E-state index >= 15 is 0 Å². The summed E-state index contributed by atoms with van der Waals surface area (Å²) < 4.78 is 2.71. The van der Waals surface area contributed by atoms with Gasteiger partial charge in [-0.05, 0) is 21.8 Å². The molecule has 0 N–H and O–H groups in total. The van der Waals surface area contributed by atoms with Crippen molar-refractivity contribution < 1.29 is 4.79 Å². The smallest absolute Gasteiger partial charge is 0.150 e. The van der Waals surface area contributed by atoms with Crippen LogP contribution in [0.3, 0.4) is 0 Å². The standard InChI is InChI=1S/C13H8OS4/c14-7-9-1-3-10(4-2-9)11-8-17-13(18-11)12-15-5-6-16-12/h1-8H. The van der Waals surface area contributed by atoms with Crippen molar-refractivity contribution >= 4 is 58.2 Å². The van der Waals surface area contributed by atoms with Gasteiger partial charge in [0.25, 0.3) is 0 Å². The molecule has 90 valence electrons. The maximum absolute atomic E-state index is 10.6. The molecule has 1 nitrogen and oxygen atoms in total. The van der Waals surface area contributed by atoms with E-state index in [0.29, 0.717) is 0 Å². The van der Waals surface area contributed by atoms with Crippen LogP contribution >= 0.6 is 47.0 Å². The van der Waals surface area contributed by atoms with Gasteiger partial charge in [-0.1, -0.05) is 71.3 Å². The molecule has 0 amide bonds. The first-order chi connectivity index (χ1) is 8.86. The van der Waals surface area contributed by atoms with Crippen LogP contribution in [-0.2, 0) is 0 Å². The molecular weight excluding hydrogens is 300 g/mol. The van der Waals surface area contributed by atoms with E-state index in [0.717, 1.165) is 11.8 Å². The van der Waals surface area contributed by atoms with E-state index in [1.807, 2.05) is 36.0 Å². The number of benzene rings is 1. The average molecular weight is 308 g/mol. The lowest BCUT2D eigenvalue weighted by Crippen LogP contribution is -1.81. The van der Waals surface area contributed by atoms with Crippen molar-refractivity contribution in [3.05, 3.63) is 60.1 Å². The van der Waals surface area contributed by atoms with Gasteiger partial charge in [-0.15, -0.1) is 0 Å². The van der Waals surface area contributed by atoms with Gasteiger partial charge in [0, 0.05) is 10.5 Å². The van der Waals surface area contributed by atoms with Crippen molar-refractivity contribution in [3.8, 4) is 0 Å². The van der Waals surface area contributed by atoms with Crippen LogP contribution < -0.4 is 0 Å². The summed E-state index contributed by atoms with van der Waals surface area (Å²) in [6, 6.07) is 7.73. The van der Waals surface area contributed by atoms with E-state index in [1.165, 1.54) is 18.9 Å². The molecule has 0 atom stereocenters. The molecule has 1 aromatic rings. The second-order valence-electron chi connectivity index (χ2n) is 3.52. The molecule has 0 aromatic heterocycles. The van der Waals surface area contributed by atoms with Crippen molar-refractivity contribution in [2.24, 2.45) is 0 Å². The normalized spacial score (nSPS) is 18.3. The fraction of sp³-hybridized carbons (Fsp3) is 0. The summed E-state index contributed by atoms with van der Waals surface area (Å²) in [5, 5.41) is 6.42. The highest BCUT2D eigenvalue weighted by Gasteiger charge is 2.19. The zero-order chi connectivity index (χ0) is 12.4. The van der Waals surface area contributed by atoms with Gasteiger partial charge in [-0.3, -0.25) is 4.79 Å². The molecule has 18 heavy (non-hydrogen) atoms. The van der Waals surface area contributed by atoms with Gasteiger partial charge in [0.15, 0.2) is 0 Å². The maximum Gasteiger partial charge on any atom is 0.150 e. The van der Waals surface area contributed by atoms with Crippen LogP contribution in [0.4, 0.5) is 0 Å². The number of carbonyl (C=O) groups is 1. The van der Waals surface area contributed by atoms with Gasteiger partial charge >= 0.3 is 0 Å². The van der Waals surface area contributed by atoms with Crippen LogP contribution in [0.25, 0.3) is 4.91 Å². The molecule has 0 spiro atoms. The van der Waals surface area contributed by atoms with Gasteiger partial charge in [0.1, 0.15) is 6.29 Å². The second-order valence-corrected chi connectivity index (χ2v) is 7.81. The van der Waals surface area contributed by atoms with Gasteiger partial charge in [-0.25, -0.2) is 0 Å². The fourth-order valence-electron chi connectivity index (χ4n) is 1.50. The minimum absolute atomic E-state index is 0.722. The largest absolute Gasteiger partial charge is 0.298 e. The van der Waals surface area contributed by atoms with Crippen LogP contribution in [0.2, 0.25) is 0 Å². The molecule has 2 aliphatic rings. The van der Waals surface area contributed by atoms with Crippen molar-refractivity contribution in [2.75, 3.05) is 0 Å². The minimum Gasteiger partial charge on any atom is -0.298 e. The third-order valence-corrected chi connectivity index (χ3v) is 7.45. The third-order valence-electron chi connectivity index (χ3n) is 2.38. The van der Waals surface area contributed by atoms with Crippen molar-refractivity contribution in [1.29, 1.82) is 0 Å². The summed E-state index contributed by atoms with van der Waals surface area (Å²) >= 11 is 7.16. The number of carbonyl (C=O) groups excluding carboxylic acids is 1. The number of thioether (sulfide) groups is 4. The number of hydrogen-bond donors (Lipinski definition) is 0. The quantitative estimate of drug-likeness (QED) is 0.682. The summed E-state index contributed by atoms with van der Waals surface area (Å²) in [5.74, 6) is 0. The van der Waals surface area contributed by atoms with Crippen LogP contribution in [-0.4, -0.2) is 6.29 Å². The van der Waals surface area contributed by atoms with Crippen LogP contribution in [0.15, 0.2) is 49.0 Å². The summed E-state index contributed by atoms with van der Waals surface area (Å²) in [4.78, 5) is 11.9. The highest BCUT2D eigenvalue weighted by molar-refractivity contribution is 8.35. The highest BCUT2D eigenvalue weighted by Crippen LogP contribution is 2.55. The molecule has 0 aliphatic carbocycles.